The number of aliphatic hydroxyl groups is 1. The first-order valence-electron chi connectivity index (χ1n) is 11.2. The summed E-state index contributed by atoms with van der Waals surface area (Å²) < 4.78 is 10.9. The van der Waals surface area contributed by atoms with Crippen molar-refractivity contribution in [1.82, 2.24) is 4.90 Å². The Labute approximate surface area is 194 Å². The van der Waals surface area contributed by atoms with Crippen LogP contribution in [0.5, 0.6) is 5.75 Å². The normalized spacial score (nSPS) is 21.3. The molecule has 0 unspecified atom stereocenters. The van der Waals surface area contributed by atoms with Crippen molar-refractivity contribution in [3.05, 3.63) is 64.7 Å². The first-order chi connectivity index (χ1) is 15.8. The van der Waals surface area contributed by atoms with Crippen LogP contribution >= 0.6 is 0 Å². The highest BCUT2D eigenvalue weighted by Gasteiger charge is 2.45. The standard InChI is InChI=1S/C26H30N2O5/c1-16-14-19-15-18(8-11-21(19)33-16)24(29)22-23(17-6-9-20(10-7-17)27(2)3)28(12-5-13-32-4)26(31)25(22)30/h6-11,15-16,23,29H,5,12-14H2,1-4H3/b24-22+/t16-,23+/m0/s1. The molecule has 2 aromatic carbocycles. The summed E-state index contributed by atoms with van der Waals surface area (Å²) in [7, 11) is 5.50. The van der Waals surface area contributed by atoms with Gasteiger partial charge in [0.25, 0.3) is 11.7 Å². The number of carbonyl (C=O) groups is 2. The van der Waals surface area contributed by atoms with Crippen molar-refractivity contribution in [3.8, 4) is 5.75 Å². The largest absolute Gasteiger partial charge is 0.507 e. The van der Waals surface area contributed by atoms with Crippen LogP contribution in [0.1, 0.15) is 36.1 Å². The minimum Gasteiger partial charge on any atom is -0.507 e. The molecule has 2 aliphatic rings. The minimum absolute atomic E-state index is 0.0685. The first-order valence-corrected chi connectivity index (χ1v) is 11.2. The fourth-order valence-electron chi connectivity index (χ4n) is 4.52. The van der Waals surface area contributed by atoms with Crippen LogP contribution in [0.4, 0.5) is 5.69 Å². The van der Waals surface area contributed by atoms with Crippen molar-refractivity contribution in [2.75, 3.05) is 39.3 Å². The van der Waals surface area contributed by atoms with Gasteiger partial charge in [0.15, 0.2) is 0 Å². The average Bonchev–Trinajstić information content (AvgIpc) is 3.29. The smallest absolute Gasteiger partial charge is 0.295 e. The van der Waals surface area contributed by atoms with Crippen LogP contribution in [0.2, 0.25) is 0 Å². The Morgan fingerprint density at radius 3 is 2.58 bits per heavy atom. The lowest BCUT2D eigenvalue weighted by molar-refractivity contribution is -0.140. The summed E-state index contributed by atoms with van der Waals surface area (Å²) in [5, 5.41) is 11.3. The number of fused-ring (bicyclic) bond motifs is 1. The molecule has 2 aliphatic heterocycles. The lowest BCUT2D eigenvalue weighted by Gasteiger charge is -2.26. The van der Waals surface area contributed by atoms with Gasteiger partial charge in [0.2, 0.25) is 0 Å². The molecule has 0 aliphatic carbocycles. The van der Waals surface area contributed by atoms with Crippen molar-refractivity contribution in [2.45, 2.75) is 31.9 Å². The number of amides is 1. The summed E-state index contributed by atoms with van der Waals surface area (Å²) in [6.07, 6.45) is 1.39. The number of hydrogen-bond donors (Lipinski definition) is 1. The zero-order valence-electron chi connectivity index (χ0n) is 19.5. The van der Waals surface area contributed by atoms with E-state index in [1.54, 1.807) is 13.2 Å². The summed E-state index contributed by atoms with van der Waals surface area (Å²) in [4.78, 5) is 29.6. The molecule has 1 fully saturated rings. The van der Waals surface area contributed by atoms with E-state index < -0.39 is 17.7 Å². The quantitative estimate of drug-likeness (QED) is 0.301. The fraction of sp³-hybridized carbons (Fsp3) is 0.385. The maximum absolute atomic E-state index is 13.1. The highest BCUT2D eigenvalue weighted by molar-refractivity contribution is 6.46. The van der Waals surface area contributed by atoms with Gasteiger partial charge >= 0.3 is 0 Å². The van der Waals surface area contributed by atoms with Gasteiger partial charge in [-0.2, -0.15) is 0 Å². The van der Waals surface area contributed by atoms with Gasteiger partial charge in [-0.1, -0.05) is 12.1 Å². The highest BCUT2D eigenvalue weighted by Crippen LogP contribution is 2.41. The summed E-state index contributed by atoms with van der Waals surface area (Å²) in [6.45, 7) is 2.81. The monoisotopic (exact) mass is 450 g/mol. The molecule has 7 nitrogen and oxygen atoms in total. The van der Waals surface area contributed by atoms with Crippen LogP contribution in [0.15, 0.2) is 48.0 Å². The molecule has 0 aromatic heterocycles. The van der Waals surface area contributed by atoms with Gasteiger partial charge in [-0.05, 0) is 54.8 Å². The number of nitrogens with zero attached hydrogens (tertiary/aromatic N) is 2. The highest BCUT2D eigenvalue weighted by atomic mass is 16.5. The molecule has 0 spiro atoms. The molecule has 33 heavy (non-hydrogen) atoms. The van der Waals surface area contributed by atoms with Crippen LogP contribution in [0.25, 0.3) is 5.76 Å². The predicted molar refractivity (Wildman–Crippen MR) is 127 cm³/mol. The Hall–Kier alpha value is -3.32. The molecular formula is C26H30N2O5. The Morgan fingerprint density at radius 1 is 1.18 bits per heavy atom. The molecule has 2 atom stereocenters. The summed E-state index contributed by atoms with van der Waals surface area (Å²) in [5.41, 5.74) is 3.38. The Bertz CT molecular complexity index is 1090. The minimum atomic E-state index is -0.670. The maximum atomic E-state index is 13.1. The van der Waals surface area contributed by atoms with Gasteiger partial charge in [0.05, 0.1) is 11.6 Å². The molecule has 0 saturated carbocycles. The van der Waals surface area contributed by atoms with E-state index in [1.807, 2.05) is 62.3 Å². The van der Waals surface area contributed by atoms with Crippen molar-refractivity contribution in [1.29, 1.82) is 0 Å². The molecule has 2 heterocycles. The zero-order chi connectivity index (χ0) is 23.7. The van der Waals surface area contributed by atoms with Crippen LogP contribution < -0.4 is 9.64 Å². The van der Waals surface area contributed by atoms with Crippen LogP contribution in [0.3, 0.4) is 0 Å². The summed E-state index contributed by atoms with van der Waals surface area (Å²) in [6, 6.07) is 12.4. The zero-order valence-corrected chi connectivity index (χ0v) is 19.5. The number of aliphatic hydroxyl groups excluding tert-OH is 1. The lowest BCUT2D eigenvalue weighted by atomic mass is 9.94. The molecule has 1 amide bonds. The van der Waals surface area contributed by atoms with Crippen molar-refractivity contribution < 1.29 is 24.2 Å². The van der Waals surface area contributed by atoms with E-state index in [0.29, 0.717) is 25.1 Å². The van der Waals surface area contributed by atoms with Gasteiger partial charge in [0, 0.05) is 52.0 Å². The van der Waals surface area contributed by atoms with Crippen LogP contribution in [-0.4, -0.2) is 62.2 Å². The fourth-order valence-corrected chi connectivity index (χ4v) is 4.52. The molecule has 7 heteroatoms. The number of likely N-dealkylation sites (tertiary alicyclic amines) is 1. The molecule has 174 valence electrons. The number of Topliss-reactive ketones (excluding diaryl/α,β-unsaturated/α-hetero) is 1. The van der Waals surface area contributed by atoms with E-state index in [0.717, 1.165) is 29.0 Å². The van der Waals surface area contributed by atoms with Crippen LogP contribution in [-0.2, 0) is 20.7 Å². The summed E-state index contributed by atoms with van der Waals surface area (Å²) >= 11 is 0. The van der Waals surface area contributed by atoms with E-state index in [1.165, 1.54) is 4.90 Å². The number of methoxy groups -OCH3 is 1. The molecule has 1 saturated heterocycles. The number of ether oxygens (including phenoxy) is 2. The number of anilines is 1. The second-order valence-corrected chi connectivity index (χ2v) is 8.78. The summed E-state index contributed by atoms with van der Waals surface area (Å²) in [5.74, 6) is -0.648. The second-order valence-electron chi connectivity index (χ2n) is 8.78. The third-order valence-corrected chi connectivity index (χ3v) is 6.18. The van der Waals surface area contributed by atoms with E-state index in [9.17, 15) is 14.7 Å². The molecule has 4 rings (SSSR count). The van der Waals surface area contributed by atoms with Gasteiger partial charge in [-0.3, -0.25) is 9.59 Å². The number of hydrogen-bond acceptors (Lipinski definition) is 6. The number of benzene rings is 2. The van der Waals surface area contributed by atoms with Gasteiger partial charge in [0.1, 0.15) is 17.6 Å². The maximum Gasteiger partial charge on any atom is 0.295 e. The Kier molecular flexibility index (Phi) is 6.42. The number of rotatable bonds is 7. The van der Waals surface area contributed by atoms with Gasteiger partial charge in [-0.25, -0.2) is 0 Å². The topological polar surface area (TPSA) is 79.3 Å². The van der Waals surface area contributed by atoms with Crippen molar-refractivity contribution >= 4 is 23.1 Å². The van der Waals surface area contributed by atoms with E-state index >= 15 is 0 Å². The second kappa shape index (κ2) is 9.27. The Morgan fingerprint density at radius 2 is 1.91 bits per heavy atom. The van der Waals surface area contributed by atoms with Crippen LogP contribution in [0, 0.1) is 0 Å². The third kappa shape index (κ3) is 4.33. The van der Waals surface area contributed by atoms with Crippen molar-refractivity contribution in [2.24, 2.45) is 0 Å². The van der Waals surface area contributed by atoms with Gasteiger partial charge < -0.3 is 24.4 Å². The molecule has 1 N–H and O–H groups in total. The molecular weight excluding hydrogens is 420 g/mol. The third-order valence-electron chi connectivity index (χ3n) is 6.18. The molecule has 0 bridgehead atoms. The van der Waals surface area contributed by atoms with Crippen molar-refractivity contribution in [3.63, 3.8) is 0 Å². The van der Waals surface area contributed by atoms with Gasteiger partial charge in [-0.15, -0.1) is 0 Å². The molecule has 2 aromatic rings. The van der Waals surface area contributed by atoms with E-state index in [-0.39, 0.29) is 17.4 Å². The van der Waals surface area contributed by atoms with E-state index in [4.69, 9.17) is 9.47 Å². The lowest BCUT2D eigenvalue weighted by Crippen LogP contribution is -2.31. The number of ketones is 1. The molecule has 0 radical (unpaired) electrons. The average molecular weight is 451 g/mol. The van der Waals surface area contributed by atoms with E-state index in [2.05, 4.69) is 0 Å². The SMILES string of the molecule is COCCCN1C(=O)C(=O)/C(=C(/O)c2ccc3c(c2)C[C@H](C)O3)[C@H]1c1ccc(N(C)C)cc1. The number of carbonyl (C=O) groups excluding carboxylic acids is 2. The Balaban J connectivity index is 1.79. The first kappa shape index (κ1) is 22.9. The predicted octanol–water partition coefficient (Wildman–Crippen LogP) is 3.53.